The van der Waals surface area contributed by atoms with Gasteiger partial charge in [0.15, 0.2) is 0 Å². The number of rotatable bonds is 8. The van der Waals surface area contributed by atoms with Gasteiger partial charge in [-0.15, -0.1) is 0 Å². The van der Waals surface area contributed by atoms with E-state index in [1.807, 2.05) is 13.8 Å². The van der Waals surface area contributed by atoms with E-state index in [0.717, 1.165) is 5.56 Å². The number of carbonyl (C=O) groups excluding carboxylic acids is 1. The third-order valence-electron chi connectivity index (χ3n) is 3.82. The van der Waals surface area contributed by atoms with E-state index in [1.54, 1.807) is 35.2 Å². The number of carbonyl (C=O) groups is 1. The maximum absolute atomic E-state index is 13.3. The van der Waals surface area contributed by atoms with Crippen molar-refractivity contribution in [2.24, 2.45) is 5.92 Å². The van der Waals surface area contributed by atoms with Gasteiger partial charge in [0.2, 0.25) is 0 Å². The molecule has 2 rings (SSSR count). The van der Waals surface area contributed by atoms with Gasteiger partial charge in [-0.3, -0.25) is 0 Å². The highest BCUT2D eigenvalue weighted by Crippen LogP contribution is 2.17. The number of nitrogens with zero attached hydrogens (tertiary/aromatic N) is 1. The summed E-state index contributed by atoms with van der Waals surface area (Å²) in [5.41, 5.74) is 1.20. The quantitative estimate of drug-likeness (QED) is 0.663. The minimum atomic E-state index is -3.58. The maximum atomic E-state index is 13.3. The van der Waals surface area contributed by atoms with Gasteiger partial charge in [0.05, 0.1) is 5.75 Å². The van der Waals surface area contributed by atoms with Crippen molar-refractivity contribution in [1.29, 1.82) is 0 Å². The van der Waals surface area contributed by atoms with E-state index < -0.39 is 15.9 Å². The van der Waals surface area contributed by atoms with Crippen LogP contribution in [0, 0.1) is 11.7 Å². The molecule has 0 heterocycles. The lowest BCUT2D eigenvalue weighted by Gasteiger charge is -2.25. The Bertz CT molecular complexity index is 899. The first kappa shape index (κ1) is 21.7. The molecule has 0 aliphatic carbocycles. The first-order chi connectivity index (χ1) is 13.2. The van der Waals surface area contributed by atoms with Crippen molar-refractivity contribution in [3.8, 4) is 5.75 Å². The van der Waals surface area contributed by atoms with Crippen molar-refractivity contribution in [3.63, 3.8) is 0 Å². The van der Waals surface area contributed by atoms with Gasteiger partial charge in [0.1, 0.15) is 11.6 Å². The first-order valence-electron chi connectivity index (χ1n) is 9.01. The highest BCUT2D eigenvalue weighted by molar-refractivity contribution is 7.87. The summed E-state index contributed by atoms with van der Waals surface area (Å²) >= 11 is 0. The first-order valence-corrected chi connectivity index (χ1v) is 10.6. The van der Waals surface area contributed by atoms with Crippen LogP contribution >= 0.6 is 0 Å². The lowest BCUT2D eigenvalue weighted by Crippen LogP contribution is -2.37. The van der Waals surface area contributed by atoms with Crippen LogP contribution < -0.4 is 9.50 Å². The molecule has 0 saturated heterocycles. The summed E-state index contributed by atoms with van der Waals surface area (Å²) < 4.78 is 41.4. The van der Waals surface area contributed by atoms with Crippen molar-refractivity contribution in [2.75, 3.05) is 17.6 Å². The van der Waals surface area contributed by atoms with Gasteiger partial charge in [-0.1, -0.05) is 32.0 Å². The summed E-state index contributed by atoms with van der Waals surface area (Å²) in [6, 6.07) is 11.9. The molecule has 1 N–H and O–H groups in total. The van der Waals surface area contributed by atoms with E-state index in [2.05, 4.69) is 5.32 Å². The molecule has 2 amide bonds. The van der Waals surface area contributed by atoms with Crippen LogP contribution in [-0.4, -0.2) is 31.6 Å². The van der Waals surface area contributed by atoms with Crippen molar-refractivity contribution in [2.45, 2.75) is 27.3 Å². The Hall–Kier alpha value is -2.61. The summed E-state index contributed by atoms with van der Waals surface area (Å²) in [5, 5.41) is 2.70. The molecule has 0 atom stereocenters. The maximum Gasteiger partial charge on any atom is 0.322 e. The molecular formula is C20H25FN2O4S. The summed E-state index contributed by atoms with van der Waals surface area (Å²) in [6.45, 7) is 6.32. The lowest BCUT2D eigenvalue weighted by molar-refractivity contribution is 0.201. The normalized spacial score (nSPS) is 11.3. The third kappa shape index (κ3) is 6.84. The van der Waals surface area contributed by atoms with E-state index in [0.29, 0.717) is 18.8 Å². The zero-order valence-corrected chi connectivity index (χ0v) is 17.0. The van der Waals surface area contributed by atoms with Gasteiger partial charge in [0, 0.05) is 18.8 Å². The summed E-state index contributed by atoms with van der Waals surface area (Å²) in [5.74, 6) is -0.0800. The van der Waals surface area contributed by atoms with Crippen molar-refractivity contribution < 1.29 is 21.8 Å². The monoisotopic (exact) mass is 408 g/mol. The summed E-state index contributed by atoms with van der Waals surface area (Å²) in [6.07, 6.45) is 0. The Morgan fingerprint density at radius 2 is 1.86 bits per heavy atom. The lowest BCUT2D eigenvalue weighted by atomic mass is 10.1. The average Bonchev–Trinajstić information content (AvgIpc) is 2.62. The molecule has 0 unspecified atom stereocenters. The second kappa shape index (κ2) is 9.54. The van der Waals surface area contributed by atoms with Gasteiger partial charge in [-0.05, 0) is 48.7 Å². The number of urea groups is 1. The van der Waals surface area contributed by atoms with Crippen LogP contribution in [0.15, 0.2) is 48.5 Å². The molecule has 6 nitrogen and oxygen atoms in total. The minimum absolute atomic E-state index is 0.114. The number of hydrogen-bond donors (Lipinski definition) is 1. The smallest absolute Gasteiger partial charge is 0.322 e. The average molecular weight is 408 g/mol. The number of amides is 2. The Morgan fingerprint density at radius 3 is 2.43 bits per heavy atom. The van der Waals surface area contributed by atoms with Gasteiger partial charge in [-0.25, -0.2) is 9.18 Å². The molecule has 28 heavy (non-hydrogen) atoms. The van der Waals surface area contributed by atoms with Gasteiger partial charge < -0.3 is 14.4 Å². The highest BCUT2D eigenvalue weighted by Gasteiger charge is 2.16. The van der Waals surface area contributed by atoms with E-state index in [4.69, 9.17) is 4.18 Å². The molecule has 0 saturated carbocycles. The fourth-order valence-corrected chi connectivity index (χ4v) is 3.03. The SMILES string of the molecule is CCS(=O)(=O)Oc1ccc(CN(CC(C)C)C(=O)Nc2cccc(F)c2)cc1. The predicted molar refractivity (Wildman–Crippen MR) is 107 cm³/mol. The Morgan fingerprint density at radius 1 is 1.18 bits per heavy atom. The van der Waals surface area contributed by atoms with E-state index in [1.165, 1.54) is 25.1 Å². The molecule has 0 spiro atoms. The highest BCUT2D eigenvalue weighted by atomic mass is 32.2. The number of nitrogens with one attached hydrogen (secondary N) is 1. The molecule has 8 heteroatoms. The zero-order valence-electron chi connectivity index (χ0n) is 16.2. The number of halogens is 1. The van der Waals surface area contributed by atoms with Crippen LogP contribution in [-0.2, 0) is 16.7 Å². The van der Waals surface area contributed by atoms with Crippen molar-refractivity contribution >= 4 is 21.8 Å². The molecule has 0 aliphatic rings. The second-order valence-corrected chi connectivity index (χ2v) is 8.65. The van der Waals surface area contributed by atoms with Crippen molar-refractivity contribution in [3.05, 3.63) is 59.9 Å². The van der Waals surface area contributed by atoms with Gasteiger partial charge >= 0.3 is 16.1 Å². The molecule has 0 fully saturated rings. The largest absolute Gasteiger partial charge is 0.382 e. The van der Waals surface area contributed by atoms with Crippen LogP contribution in [0.2, 0.25) is 0 Å². The Labute approximate surface area is 165 Å². The predicted octanol–water partition coefficient (Wildman–Crippen LogP) is 4.24. The van der Waals surface area contributed by atoms with E-state index in [-0.39, 0.29) is 23.5 Å². The van der Waals surface area contributed by atoms with Crippen LogP contribution in [0.4, 0.5) is 14.9 Å². The number of hydrogen-bond acceptors (Lipinski definition) is 4. The minimum Gasteiger partial charge on any atom is -0.382 e. The number of benzene rings is 2. The molecule has 2 aromatic carbocycles. The van der Waals surface area contributed by atoms with Crippen LogP contribution in [0.5, 0.6) is 5.75 Å². The fourth-order valence-electron chi connectivity index (χ4n) is 2.51. The zero-order chi connectivity index (χ0) is 20.7. The van der Waals surface area contributed by atoms with Crippen LogP contribution in [0.3, 0.4) is 0 Å². The molecular weight excluding hydrogens is 383 g/mol. The van der Waals surface area contributed by atoms with Gasteiger partial charge in [0.25, 0.3) is 0 Å². The van der Waals surface area contributed by atoms with Crippen LogP contribution in [0.25, 0.3) is 0 Å². The molecule has 152 valence electrons. The molecule has 0 radical (unpaired) electrons. The second-order valence-electron chi connectivity index (χ2n) is 6.79. The fraction of sp³-hybridized carbons (Fsp3) is 0.350. The molecule has 0 bridgehead atoms. The topological polar surface area (TPSA) is 75.7 Å². The molecule has 0 aromatic heterocycles. The van der Waals surface area contributed by atoms with E-state index >= 15 is 0 Å². The molecule has 0 aliphatic heterocycles. The number of anilines is 1. The van der Waals surface area contributed by atoms with Crippen LogP contribution in [0.1, 0.15) is 26.3 Å². The van der Waals surface area contributed by atoms with Gasteiger partial charge in [-0.2, -0.15) is 8.42 Å². The standard InChI is InChI=1S/C20H25FN2O4S/c1-4-28(25,26)27-19-10-8-16(9-11-19)14-23(13-15(2)3)20(24)22-18-7-5-6-17(21)12-18/h5-12,15H,4,13-14H2,1-3H3,(H,22,24). The summed E-state index contributed by atoms with van der Waals surface area (Å²) in [4.78, 5) is 14.3. The summed E-state index contributed by atoms with van der Waals surface area (Å²) in [7, 11) is -3.58. The third-order valence-corrected chi connectivity index (χ3v) is 4.98. The Kier molecular flexibility index (Phi) is 7.39. The molecule has 2 aromatic rings. The van der Waals surface area contributed by atoms with Crippen molar-refractivity contribution in [1.82, 2.24) is 4.90 Å². The van der Waals surface area contributed by atoms with E-state index in [9.17, 15) is 17.6 Å². The Balaban J connectivity index is 2.09.